The van der Waals surface area contributed by atoms with Gasteiger partial charge in [-0.25, -0.2) is 0 Å². The molecule has 3 rings (SSSR count). The van der Waals surface area contributed by atoms with Crippen LogP contribution in [0.5, 0.6) is 11.5 Å². The van der Waals surface area contributed by atoms with Crippen LogP contribution in [0, 0.1) is 5.92 Å². The van der Waals surface area contributed by atoms with Crippen molar-refractivity contribution in [3.8, 4) is 22.9 Å². The highest BCUT2D eigenvalue weighted by Gasteiger charge is 2.24. The molecule has 0 aliphatic carbocycles. The predicted octanol–water partition coefficient (Wildman–Crippen LogP) is 4.72. The van der Waals surface area contributed by atoms with Crippen molar-refractivity contribution in [2.75, 3.05) is 13.7 Å². The Kier molecular flexibility index (Phi) is 7.83. The summed E-state index contributed by atoms with van der Waals surface area (Å²) in [5.74, 6) is 1.46. The summed E-state index contributed by atoms with van der Waals surface area (Å²) in [4.78, 5) is 21.0. The molecule has 0 aliphatic rings. The molecule has 0 saturated heterocycles. The van der Waals surface area contributed by atoms with E-state index < -0.39 is 6.04 Å². The fourth-order valence-corrected chi connectivity index (χ4v) is 3.31. The molecular formula is C23H25ClN4O4. The summed E-state index contributed by atoms with van der Waals surface area (Å²) in [7, 11) is 1.52. The van der Waals surface area contributed by atoms with E-state index in [0.717, 1.165) is 5.56 Å². The Labute approximate surface area is 191 Å². The number of halogens is 1. The average molecular weight is 457 g/mol. The summed E-state index contributed by atoms with van der Waals surface area (Å²) in [6, 6.07) is 6.59. The SMILES string of the molecule is CCOc1cc(/C=C\C(=O)N[C@H](c2nc(-c3ccncc3)no2)C(C)C)cc(Cl)c1OC. The van der Waals surface area contributed by atoms with Crippen LogP contribution in [0.25, 0.3) is 17.5 Å². The zero-order chi connectivity index (χ0) is 23.1. The molecule has 1 atom stereocenters. The van der Waals surface area contributed by atoms with Crippen LogP contribution in [0.4, 0.5) is 0 Å². The molecule has 168 valence electrons. The van der Waals surface area contributed by atoms with Gasteiger partial charge in [-0.05, 0) is 48.7 Å². The van der Waals surface area contributed by atoms with Gasteiger partial charge in [0.2, 0.25) is 17.6 Å². The number of methoxy groups -OCH3 is 1. The van der Waals surface area contributed by atoms with Crippen LogP contribution in [-0.4, -0.2) is 34.7 Å². The van der Waals surface area contributed by atoms with Gasteiger partial charge in [0.25, 0.3) is 0 Å². The number of amides is 1. The smallest absolute Gasteiger partial charge is 0.249 e. The van der Waals surface area contributed by atoms with Gasteiger partial charge in [0.05, 0.1) is 18.7 Å². The third-order valence-corrected chi connectivity index (χ3v) is 4.85. The molecular weight excluding hydrogens is 432 g/mol. The maximum atomic E-state index is 12.6. The maximum Gasteiger partial charge on any atom is 0.249 e. The molecule has 0 saturated carbocycles. The first-order chi connectivity index (χ1) is 15.4. The summed E-state index contributed by atoms with van der Waals surface area (Å²) >= 11 is 6.27. The second-order valence-electron chi connectivity index (χ2n) is 7.22. The van der Waals surface area contributed by atoms with Crippen molar-refractivity contribution in [3.05, 3.63) is 59.2 Å². The number of nitrogens with one attached hydrogen (secondary N) is 1. The summed E-state index contributed by atoms with van der Waals surface area (Å²) in [5, 5.41) is 7.34. The highest BCUT2D eigenvalue weighted by Crippen LogP contribution is 2.36. The molecule has 9 heteroatoms. The maximum absolute atomic E-state index is 12.6. The van der Waals surface area contributed by atoms with Crippen molar-refractivity contribution in [2.24, 2.45) is 5.92 Å². The molecule has 3 aromatic rings. The van der Waals surface area contributed by atoms with Gasteiger partial charge in [-0.2, -0.15) is 4.98 Å². The summed E-state index contributed by atoms with van der Waals surface area (Å²) < 4.78 is 16.3. The molecule has 2 aromatic heterocycles. The van der Waals surface area contributed by atoms with Crippen molar-refractivity contribution in [1.29, 1.82) is 0 Å². The Morgan fingerprint density at radius 1 is 1.28 bits per heavy atom. The number of carbonyl (C=O) groups is 1. The van der Waals surface area contributed by atoms with Gasteiger partial charge in [0, 0.05) is 24.0 Å². The molecule has 0 fully saturated rings. The highest BCUT2D eigenvalue weighted by atomic mass is 35.5. The molecule has 8 nitrogen and oxygen atoms in total. The number of ether oxygens (including phenoxy) is 2. The third-order valence-electron chi connectivity index (χ3n) is 4.57. The van der Waals surface area contributed by atoms with E-state index in [9.17, 15) is 4.79 Å². The number of hydrogen-bond acceptors (Lipinski definition) is 7. The van der Waals surface area contributed by atoms with E-state index in [1.807, 2.05) is 20.8 Å². The summed E-state index contributed by atoms with van der Waals surface area (Å²) in [6.07, 6.45) is 6.38. The lowest BCUT2D eigenvalue weighted by molar-refractivity contribution is -0.117. The largest absolute Gasteiger partial charge is 0.491 e. The highest BCUT2D eigenvalue weighted by molar-refractivity contribution is 6.32. The van der Waals surface area contributed by atoms with E-state index >= 15 is 0 Å². The lowest BCUT2D eigenvalue weighted by atomic mass is 10.0. The number of hydrogen-bond donors (Lipinski definition) is 1. The van der Waals surface area contributed by atoms with Gasteiger partial charge >= 0.3 is 0 Å². The van der Waals surface area contributed by atoms with Gasteiger partial charge < -0.3 is 19.3 Å². The number of pyridine rings is 1. The Hall–Kier alpha value is -3.39. The normalized spacial score (nSPS) is 12.2. The Bertz CT molecular complexity index is 1080. The molecule has 0 bridgehead atoms. The number of aromatic nitrogens is 3. The lowest BCUT2D eigenvalue weighted by Gasteiger charge is -2.17. The molecule has 0 aliphatic heterocycles. The topological polar surface area (TPSA) is 99.4 Å². The van der Waals surface area contributed by atoms with E-state index in [-0.39, 0.29) is 11.8 Å². The van der Waals surface area contributed by atoms with E-state index in [1.54, 1.807) is 42.7 Å². The average Bonchev–Trinajstić information content (AvgIpc) is 3.26. The van der Waals surface area contributed by atoms with Gasteiger partial charge in [0.15, 0.2) is 11.5 Å². The van der Waals surface area contributed by atoms with Crippen LogP contribution in [0.2, 0.25) is 5.02 Å². The van der Waals surface area contributed by atoms with Crippen LogP contribution in [0.1, 0.15) is 38.3 Å². The Morgan fingerprint density at radius 2 is 2.03 bits per heavy atom. The minimum atomic E-state index is -0.450. The molecule has 1 amide bonds. The van der Waals surface area contributed by atoms with Crippen LogP contribution < -0.4 is 14.8 Å². The first kappa shape index (κ1) is 23.3. The quantitative estimate of drug-likeness (QED) is 0.465. The van der Waals surface area contributed by atoms with Crippen LogP contribution in [-0.2, 0) is 4.79 Å². The van der Waals surface area contributed by atoms with Crippen LogP contribution >= 0.6 is 11.6 Å². The first-order valence-electron chi connectivity index (χ1n) is 10.2. The van der Waals surface area contributed by atoms with Gasteiger partial charge in [-0.1, -0.05) is 30.6 Å². The molecule has 0 radical (unpaired) electrons. The van der Waals surface area contributed by atoms with Crippen LogP contribution in [0.15, 0.2) is 47.3 Å². The molecule has 32 heavy (non-hydrogen) atoms. The van der Waals surface area contributed by atoms with Gasteiger partial charge in [-0.15, -0.1) is 0 Å². The van der Waals surface area contributed by atoms with Crippen LogP contribution in [0.3, 0.4) is 0 Å². The standard InChI is InChI=1S/C23H25ClN4O4/c1-5-31-18-13-15(12-17(24)21(18)30-4)6-7-19(29)26-20(14(2)3)23-27-22(28-32-23)16-8-10-25-11-9-16/h6-14,20H,5H2,1-4H3,(H,26,29)/b7-6-/t20-/m0/s1. The van der Waals surface area contributed by atoms with Crippen molar-refractivity contribution in [3.63, 3.8) is 0 Å². The van der Waals surface area contributed by atoms with Gasteiger partial charge in [0.1, 0.15) is 6.04 Å². The Morgan fingerprint density at radius 3 is 2.69 bits per heavy atom. The number of rotatable bonds is 9. The predicted molar refractivity (Wildman–Crippen MR) is 121 cm³/mol. The van der Waals surface area contributed by atoms with Crippen molar-refractivity contribution >= 4 is 23.6 Å². The Balaban J connectivity index is 1.75. The molecule has 1 aromatic carbocycles. The molecule has 1 N–H and O–H groups in total. The fraction of sp³-hybridized carbons (Fsp3) is 0.304. The number of nitrogens with zero attached hydrogens (tertiary/aromatic N) is 3. The number of carbonyl (C=O) groups excluding carboxylic acids is 1. The molecule has 0 spiro atoms. The lowest BCUT2D eigenvalue weighted by Crippen LogP contribution is -2.30. The minimum absolute atomic E-state index is 0.0260. The van der Waals surface area contributed by atoms with Crippen molar-refractivity contribution in [2.45, 2.75) is 26.8 Å². The van der Waals surface area contributed by atoms with E-state index in [2.05, 4.69) is 20.4 Å². The first-order valence-corrected chi connectivity index (χ1v) is 10.5. The monoisotopic (exact) mass is 456 g/mol. The summed E-state index contributed by atoms with van der Waals surface area (Å²) in [5.41, 5.74) is 1.48. The zero-order valence-corrected chi connectivity index (χ0v) is 19.1. The molecule has 0 unspecified atom stereocenters. The number of benzene rings is 1. The summed E-state index contributed by atoms with van der Waals surface area (Å²) in [6.45, 7) is 6.25. The minimum Gasteiger partial charge on any atom is -0.491 e. The molecule has 2 heterocycles. The van der Waals surface area contributed by atoms with Crippen molar-refractivity contribution < 1.29 is 18.8 Å². The zero-order valence-electron chi connectivity index (χ0n) is 18.3. The third kappa shape index (κ3) is 5.64. The van der Waals surface area contributed by atoms with E-state index in [1.165, 1.54) is 13.2 Å². The van der Waals surface area contributed by atoms with Gasteiger partial charge in [-0.3, -0.25) is 9.78 Å². The second kappa shape index (κ2) is 10.8. The van der Waals surface area contributed by atoms with E-state index in [0.29, 0.717) is 40.4 Å². The van der Waals surface area contributed by atoms with E-state index in [4.69, 9.17) is 25.6 Å². The fourth-order valence-electron chi connectivity index (χ4n) is 3.01. The van der Waals surface area contributed by atoms with Crippen molar-refractivity contribution in [1.82, 2.24) is 20.4 Å². The second-order valence-corrected chi connectivity index (χ2v) is 7.63.